The number of hydrogen-bond acceptors (Lipinski definition) is 5. The number of nitrogens with two attached hydrogens (primary N) is 1. The van der Waals surface area contributed by atoms with E-state index in [0.29, 0.717) is 17.1 Å². The minimum absolute atomic E-state index is 0.153. The van der Waals surface area contributed by atoms with Gasteiger partial charge in [-0.05, 0) is 39.0 Å². The molecule has 0 radical (unpaired) electrons. The second kappa shape index (κ2) is 6.34. The Labute approximate surface area is 136 Å². The van der Waals surface area contributed by atoms with E-state index in [9.17, 15) is 4.79 Å². The first kappa shape index (κ1) is 12.4. The number of ether oxygens (including phenoxy) is 2. The largest absolute Gasteiger partial charge is 0.495 e. The monoisotopic (exact) mass is 310 g/mol. The van der Waals surface area contributed by atoms with Crippen LogP contribution in [0.15, 0.2) is 18.2 Å². The van der Waals surface area contributed by atoms with Crippen molar-refractivity contribution in [2.45, 2.75) is 26.4 Å². The molecule has 6 heteroatoms. The third-order valence-electron chi connectivity index (χ3n) is 3.06. The van der Waals surface area contributed by atoms with Gasteiger partial charge in [0.15, 0.2) is 0 Å². The number of hydrogen-bond donors (Lipinski definition) is 1. The van der Waals surface area contributed by atoms with Gasteiger partial charge in [-0.15, -0.1) is 0 Å². The van der Waals surface area contributed by atoms with E-state index in [4.69, 9.17) is 19.3 Å². The van der Waals surface area contributed by atoms with Crippen LogP contribution >= 0.6 is 0 Å². The maximum atomic E-state index is 12.3. The number of piperazine rings is 1. The van der Waals surface area contributed by atoms with Gasteiger partial charge >= 0.3 is 6.09 Å². The highest BCUT2D eigenvalue weighted by Gasteiger charge is 2.26. The predicted octanol–water partition coefficient (Wildman–Crippen LogP) is 2.33. The number of amides is 1. The number of anilines is 2. The van der Waals surface area contributed by atoms with Crippen LogP contribution in [-0.2, 0) is 4.74 Å². The molecule has 6 nitrogen and oxygen atoms in total. The molecule has 1 aliphatic heterocycles. The van der Waals surface area contributed by atoms with Gasteiger partial charge in [0.2, 0.25) is 0 Å². The van der Waals surface area contributed by atoms with Crippen molar-refractivity contribution in [2.75, 3.05) is 43.9 Å². The molecule has 2 N–H and O–H groups in total. The summed E-state index contributed by atoms with van der Waals surface area (Å²) in [6, 6.07) is 4.92. The zero-order valence-corrected chi connectivity index (χ0v) is 13.4. The summed E-state index contributed by atoms with van der Waals surface area (Å²) in [5.41, 5.74) is 6.02. The Balaban J connectivity index is 2.30. The van der Waals surface area contributed by atoms with E-state index >= 15 is 0 Å². The summed E-state index contributed by atoms with van der Waals surface area (Å²) < 4.78 is 35.6. The van der Waals surface area contributed by atoms with Crippen molar-refractivity contribution in [3.8, 4) is 5.75 Å². The van der Waals surface area contributed by atoms with Crippen molar-refractivity contribution in [1.29, 1.82) is 0 Å². The maximum absolute atomic E-state index is 12.3. The molecule has 1 atom stereocenters. The van der Waals surface area contributed by atoms with Crippen molar-refractivity contribution in [3.63, 3.8) is 0 Å². The summed E-state index contributed by atoms with van der Waals surface area (Å²) in [5, 5.41) is 0. The van der Waals surface area contributed by atoms with Crippen LogP contribution in [0.2, 0.25) is 0 Å². The van der Waals surface area contributed by atoms with Crippen molar-refractivity contribution in [2.24, 2.45) is 0 Å². The third kappa shape index (κ3) is 3.96. The van der Waals surface area contributed by atoms with Crippen LogP contribution in [0, 0.1) is 0 Å². The fourth-order valence-electron chi connectivity index (χ4n) is 2.05. The lowest BCUT2D eigenvalue weighted by Gasteiger charge is -2.37. The van der Waals surface area contributed by atoms with E-state index in [2.05, 4.69) is 0 Å². The van der Waals surface area contributed by atoms with E-state index in [1.807, 2.05) is 0 Å². The van der Waals surface area contributed by atoms with Gasteiger partial charge < -0.3 is 25.0 Å². The zero-order valence-electron chi connectivity index (χ0n) is 16.4. The number of nitrogen functional groups attached to an aromatic ring is 1. The van der Waals surface area contributed by atoms with Gasteiger partial charge in [-0.1, -0.05) is 0 Å². The summed E-state index contributed by atoms with van der Waals surface area (Å²) in [6.45, 7) is 1.92. The first-order valence-corrected chi connectivity index (χ1v) is 7.10. The predicted molar refractivity (Wildman–Crippen MR) is 87.4 cm³/mol. The summed E-state index contributed by atoms with van der Waals surface area (Å²) in [6.07, 6.45) is -0.699. The molecule has 0 aliphatic carbocycles. The van der Waals surface area contributed by atoms with Crippen LogP contribution in [-0.4, -0.2) is 49.8 Å². The molecule has 0 aromatic heterocycles. The van der Waals surface area contributed by atoms with E-state index in [0.717, 1.165) is 4.90 Å². The molecular formula is C16H25N3O3. The Kier molecular flexibility index (Phi) is 3.58. The van der Waals surface area contributed by atoms with Crippen molar-refractivity contribution >= 4 is 17.5 Å². The number of nitrogens with zero attached hydrogens (tertiary/aromatic N) is 2. The van der Waals surface area contributed by atoms with Crippen LogP contribution in [0.25, 0.3) is 0 Å². The number of carbonyl (C=O) groups excluding carboxylic acids is 1. The standard InChI is InChI=1S/C16H25N3O3/c1-16(2,3)22-15(20)19-9-7-18(8-10-19)13-11-12(17)5-6-14(13)21-4/h5-6,11H,7-10,17H2,1-4H3/i7D2,9D. The van der Waals surface area contributed by atoms with Crippen LogP contribution in [0.3, 0.4) is 0 Å². The van der Waals surface area contributed by atoms with Crippen LogP contribution in [0.5, 0.6) is 5.75 Å². The highest BCUT2D eigenvalue weighted by atomic mass is 16.6. The lowest BCUT2D eigenvalue weighted by molar-refractivity contribution is 0.0240. The first-order chi connectivity index (χ1) is 11.5. The summed E-state index contributed by atoms with van der Waals surface area (Å²) in [5.74, 6) is 0.455. The fourth-order valence-corrected chi connectivity index (χ4v) is 2.05. The average Bonchev–Trinajstić information content (AvgIpc) is 2.48. The SMILES string of the molecule is [2H]C1N(C(=O)OC(C)(C)C)CCN(c2cc(N)ccc2OC)C1([2H])[2H]. The van der Waals surface area contributed by atoms with Gasteiger partial charge in [0.05, 0.1) is 16.9 Å². The van der Waals surface area contributed by atoms with Crippen molar-refractivity contribution in [1.82, 2.24) is 4.90 Å². The molecule has 1 aromatic carbocycles. The second-order valence-corrected chi connectivity index (χ2v) is 6.01. The highest BCUT2D eigenvalue weighted by molar-refractivity contribution is 5.69. The van der Waals surface area contributed by atoms with Gasteiger partial charge in [0, 0.05) is 31.8 Å². The maximum Gasteiger partial charge on any atom is 0.410 e. The van der Waals surface area contributed by atoms with Gasteiger partial charge in [0.25, 0.3) is 0 Å². The molecule has 1 unspecified atom stereocenters. The Morgan fingerprint density at radius 3 is 2.73 bits per heavy atom. The molecule has 1 saturated heterocycles. The summed E-state index contributed by atoms with van der Waals surface area (Å²) in [7, 11) is 1.49. The molecule has 0 saturated carbocycles. The Bertz CT molecular complexity index is 649. The first-order valence-electron chi connectivity index (χ1n) is 8.68. The Morgan fingerprint density at radius 1 is 1.36 bits per heavy atom. The van der Waals surface area contributed by atoms with Crippen molar-refractivity contribution in [3.05, 3.63) is 18.2 Å². The summed E-state index contributed by atoms with van der Waals surface area (Å²) >= 11 is 0. The minimum atomic E-state index is -2.14. The van der Waals surface area contributed by atoms with E-state index < -0.39 is 24.7 Å². The molecule has 0 bridgehead atoms. The average molecular weight is 310 g/mol. The number of rotatable bonds is 2. The molecule has 1 aliphatic rings. The number of benzene rings is 1. The van der Waals surface area contributed by atoms with E-state index in [1.165, 1.54) is 12.0 Å². The fraction of sp³-hybridized carbons (Fsp3) is 0.562. The molecule has 1 heterocycles. The molecule has 1 amide bonds. The lowest BCUT2D eigenvalue weighted by Crippen LogP contribution is -2.50. The second-order valence-electron chi connectivity index (χ2n) is 6.01. The quantitative estimate of drug-likeness (QED) is 0.849. The number of carbonyl (C=O) groups is 1. The third-order valence-corrected chi connectivity index (χ3v) is 3.06. The van der Waals surface area contributed by atoms with Gasteiger partial charge in [-0.2, -0.15) is 0 Å². The minimum Gasteiger partial charge on any atom is -0.495 e. The Hall–Kier alpha value is -2.11. The van der Waals surface area contributed by atoms with Crippen molar-refractivity contribution < 1.29 is 18.4 Å². The smallest absolute Gasteiger partial charge is 0.410 e. The van der Waals surface area contributed by atoms with Gasteiger partial charge in [-0.25, -0.2) is 4.79 Å². The highest BCUT2D eigenvalue weighted by Crippen LogP contribution is 2.31. The van der Waals surface area contributed by atoms with Gasteiger partial charge in [-0.3, -0.25) is 0 Å². The Morgan fingerprint density at radius 2 is 2.09 bits per heavy atom. The molecule has 22 heavy (non-hydrogen) atoms. The van der Waals surface area contributed by atoms with Crippen LogP contribution < -0.4 is 15.4 Å². The molecule has 122 valence electrons. The molecule has 1 fully saturated rings. The van der Waals surface area contributed by atoms with Crippen LogP contribution in [0.1, 0.15) is 24.9 Å². The van der Waals surface area contributed by atoms with E-state index in [1.54, 1.807) is 39.0 Å². The summed E-state index contributed by atoms with van der Waals surface area (Å²) in [4.78, 5) is 14.8. The molecule has 0 spiro atoms. The zero-order chi connectivity index (χ0) is 19.0. The molecular weight excluding hydrogens is 282 g/mol. The van der Waals surface area contributed by atoms with Crippen LogP contribution in [0.4, 0.5) is 16.2 Å². The number of methoxy groups -OCH3 is 1. The molecule has 2 rings (SSSR count). The normalized spacial score (nSPS) is 23.3. The van der Waals surface area contributed by atoms with Gasteiger partial charge in [0.1, 0.15) is 11.4 Å². The topological polar surface area (TPSA) is 68.0 Å². The van der Waals surface area contributed by atoms with E-state index in [-0.39, 0.29) is 13.1 Å². The lowest BCUT2D eigenvalue weighted by atomic mass is 10.2. The molecule has 1 aromatic rings.